The molecule has 1 amide bonds. The Labute approximate surface area is 151 Å². The van der Waals surface area contributed by atoms with E-state index in [0.29, 0.717) is 13.2 Å². The van der Waals surface area contributed by atoms with Crippen molar-refractivity contribution in [2.75, 3.05) is 18.5 Å². The molecule has 0 aliphatic heterocycles. The molecule has 8 heteroatoms. The fourth-order valence-corrected chi connectivity index (χ4v) is 2.22. The number of nitrogens with zero attached hydrogens (tertiary/aromatic N) is 2. The van der Waals surface area contributed by atoms with E-state index in [-0.39, 0.29) is 18.8 Å². The summed E-state index contributed by atoms with van der Waals surface area (Å²) in [7, 11) is 0. The second-order valence-corrected chi connectivity index (χ2v) is 5.29. The molecule has 0 aliphatic rings. The molecule has 0 bridgehead atoms. The maximum absolute atomic E-state index is 12.5. The van der Waals surface area contributed by atoms with E-state index in [1.807, 2.05) is 44.2 Å². The van der Waals surface area contributed by atoms with Crippen LogP contribution in [0.15, 0.2) is 47.7 Å². The summed E-state index contributed by atoms with van der Waals surface area (Å²) in [6.45, 7) is 4.87. The van der Waals surface area contributed by atoms with Crippen LogP contribution in [0.4, 0.5) is 10.5 Å². The monoisotopic (exact) mass is 361 g/mol. The highest BCUT2D eigenvalue weighted by Gasteiger charge is 2.14. The van der Waals surface area contributed by atoms with Gasteiger partial charge in [-0.15, -0.1) is 0 Å². The lowest BCUT2D eigenvalue weighted by Crippen LogP contribution is -2.32. The van der Waals surface area contributed by atoms with Gasteiger partial charge in [-0.05, 0) is 19.4 Å². The van der Waals surface area contributed by atoms with E-state index in [9.17, 15) is 9.59 Å². The number of benzene rings is 1. The first-order chi connectivity index (χ1) is 12.6. The minimum absolute atomic E-state index is 0.0253. The van der Waals surface area contributed by atoms with Crippen molar-refractivity contribution >= 4 is 11.8 Å². The topological polar surface area (TPSA) is 91.7 Å². The molecule has 0 radical (unpaired) electrons. The zero-order valence-electron chi connectivity index (χ0n) is 14.9. The van der Waals surface area contributed by atoms with Gasteiger partial charge in [0.15, 0.2) is 6.29 Å². The number of hydrogen-bond acceptors (Lipinski definition) is 6. The van der Waals surface area contributed by atoms with Crippen molar-refractivity contribution in [2.45, 2.75) is 33.3 Å². The molecule has 0 saturated heterocycles. The van der Waals surface area contributed by atoms with Gasteiger partial charge in [0.05, 0.1) is 19.1 Å². The van der Waals surface area contributed by atoms with Crippen LogP contribution in [-0.2, 0) is 27.4 Å². The van der Waals surface area contributed by atoms with E-state index < -0.39 is 17.9 Å². The lowest BCUT2D eigenvalue weighted by Gasteiger charge is -2.18. The van der Waals surface area contributed by atoms with Crippen molar-refractivity contribution in [3.63, 3.8) is 0 Å². The number of anilines is 1. The number of amides is 1. The van der Waals surface area contributed by atoms with Crippen LogP contribution in [0.25, 0.3) is 0 Å². The Bertz CT molecular complexity index is 742. The lowest BCUT2D eigenvalue weighted by atomic mass is 10.2. The molecule has 1 aromatic carbocycles. The second-order valence-electron chi connectivity index (χ2n) is 5.29. The average molecular weight is 361 g/mol. The Morgan fingerprint density at radius 2 is 1.88 bits per heavy atom. The standard InChI is InChI=1S/C18H23N3O5/c1-3-24-16(25-4-2)11-21-13-19-10-15(17(21)22)20-18(23)26-12-14-8-6-5-7-9-14/h5-10,13,16H,3-4,11-12H2,1-2H3,(H,20,23). The van der Waals surface area contributed by atoms with Gasteiger partial charge in [-0.1, -0.05) is 30.3 Å². The predicted octanol–water partition coefficient (Wildman–Crippen LogP) is 2.39. The van der Waals surface area contributed by atoms with Gasteiger partial charge in [0.2, 0.25) is 0 Å². The van der Waals surface area contributed by atoms with Crippen LogP contribution >= 0.6 is 0 Å². The fraction of sp³-hybridized carbons (Fsp3) is 0.389. The molecule has 2 aromatic rings. The summed E-state index contributed by atoms with van der Waals surface area (Å²) >= 11 is 0. The Hall–Kier alpha value is -2.71. The number of rotatable bonds is 9. The van der Waals surface area contributed by atoms with Crippen LogP contribution in [0.2, 0.25) is 0 Å². The van der Waals surface area contributed by atoms with Gasteiger partial charge in [0, 0.05) is 13.2 Å². The zero-order valence-corrected chi connectivity index (χ0v) is 14.9. The van der Waals surface area contributed by atoms with Crippen molar-refractivity contribution in [3.8, 4) is 0 Å². The highest BCUT2D eigenvalue weighted by Crippen LogP contribution is 2.04. The van der Waals surface area contributed by atoms with E-state index in [2.05, 4.69) is 10.3 Å². The number of ether oxygens (including phenoxy) is 3. The van der Waals surface area contributed by atoms with Gasteiger partial charge >= 0.3 is 6.09 Å². The van der Waals surface area contributed by atoms with E-state index in [0.717, 1.165) is 5.56 Å². The molecule has 0 fully saturated rings. The maximum Gasteiger partial charge on any atom is 0.412 e. The van der Waals surface area contributed by atoms with E-state index in [1.165, 1.54) is 17.1 Å². The summed E-state index contributed by atoms with van der Waals surface area (Å²) in [6.07, 6.45) is 1.36. The Morgan fingerprint density at radius 3 is 2.54 bits per heavy atom. The first kappa shape index (κ1) is 19.6. The van der Waals surface area contributed by atoms with Gasteiger partial charge in [-0.25, -0.2) is 9.78 Å². The number of carbonyl (C=O) groups excluding carboxylic acids is 1. The van der Waals surface area contributed by atoms with Crippen LogP contribution in [0, 0.1) is 0 Å². The molecular formula is C18H23N3O5. The summed E-state index contributed by atoms with van der Waals surface area (Å²) in [5.41, 5.74) is 0.459. The van der Waals surface area contributed by atoms with Crippen LogP contribution in [0.1, 0.15) is 19.4 Å². The molecule has 1 N–H and O–H groups in total. The van der Waals surface area contributed by atoms with Gasteiger partial charge < -0.3 is 14.2 Å². The minimum Gasteiger partial charge on any atom is -0.444 e. The Morgan fingerprint density at radius 1 is 1.19 bits per heavy atom. The van der Waals surface area contributed by atoms with Crippen LogP contribution in [-0.4, -0.2) is 35.1 Å². The van der Waals surface area contributed by atoms with E-state index in [4.69, 9.17) is 14.2 Å². The molecule has 2 rings (SSSR count). The summed E-state index contributed by atoms with van der Waals surface area (Å²) in [5, 5.41) is 2.42. The van der Waals surface area contributed by atoms with E-state index >= 15 is 0 Å². The summed E-state index contributed by atoms with van der Waals surface area (Å²) in [6, 6.07) is 9.25. The Balaban J connectivity index is 1.99. The van der Waals surface area contributed by atoms with Gasteiger partial charge in [0.1, 0.15) is 12.3 Å². The lowest BCUT2D eigenvalue weighted by molar-refractivity contribution is -0.144. The number of nitrogens with one attached hydrogen (secondary N) is 1. The number of aromatic nitrogens is 2. The molecule has 0 unspecified atom stereocenters. The van der Waals surface area contributed by atoms with Crippen molar-refractivity contribution in [1.29, 1.82) is 0 Å². The molecule has 1 heterocycles. The quantitative estimate of drug-likeness (QED) is 0.690. The van der Waals surface area contributed by atoms with Crippen molar-refractivity contribution < 1.29 is 19.0 Å². The summed E-state index contributed by atoms with van der Waals surface area (Å²) < 4.78 is 17.3. The molecular weight excluding hydrogens is 338 g/mol. The summed E-state index contributed by atoms with van der Waals surface area (Å²) in [4.78, 5) is 28.4. The number of hydrogen-bond donors (Lipinski definition) is 1. The molecule has 26 heavy (non-hydrogen) atoms. The second kappa shape index (κ2) is 10.3. The highest BCUT2D eigenvalue weighted by molar-refractivity contribution is 5.83. The predicted molar refractivity (Wildman–Crippen MR) is 95.8 cm³/mol. The van der Waals surface area contributed by atoms with Crippen molar-refractivity contribution in [2.24, 2.45) is 0 Å². The van der Waals surface area contributed by atoms with Crippen molar-refractivity contribution in [3.05, 3.63) is 58.8 Å². The molecule has 0 aliphatic carbocycles. The van der Waals surface area contributed by atoms with Crippen LogP contribution < -0.4 is 10.9 Å². The third kappa shape index (κ3) is 5.98. The average Bonchev–Trinajstić information content (AvgIpc) is 2.64. The smallest absolute Gasteiger partial charge is 0.412 e. The maximum atomic E-state index is 12.5. The molecule has 140 valence electrons. The van der Waals surface area contributed by atoms with Crippen LogP contribution in [0.3, 0.4) is 0 Å². The first-order valence-electron chi connectivity index (χ1n) is 8.39. The van der Waals surface area contributed by atoms with E-state index in [1.54, 1.807) is 0 Å². The van der Waals surface area contributed by atoms with Crippen molar-refractivity contribution in [1.82, 2.24) is 9.55 Å². The SMILES string of the molecule is CCOC(Cn1cncc(NC(=O)OCc2ccccc2)c1=O)OCC. The number of carbonyl (C=O) groups is 1. The molecule has 0 atom stereocenters. The molecule has 1 aromatic heterocycles. The van der Waals surface area contributed by atoms with Crippen LogP contribution in [0.5, 0.6) is 0 Å². The van der Waals surface area contributed by atoms with Gasteiger partial charge in [0.25, 0.3) is 5.56 Å². The fourth-order valence-electron chi connectivity index (χ4n) is 2.22. The molecule has 0 spiro atoms. The summed E-state index contributed by atoms with van der Waals surface area (Å²) in [5.74, 6) is 0. The largest absolute Gasteiger partial charge is 0.444 e. The normalized spacial score (nSPS) is 10.7. The third-order valence-corrected chi connectivity index (χ3v) is 3.40. The molecule has 0 saturated carbocycles. The van der Waals surface area contributed by atoms with Gasteiger partial charge in [-0.2, -0.15) is 0 Å². The Kier molecular flexibility index (Phi) is 7.78. The minimum atomic E-state index is -0.725. The van der Waals surface area contributed by atoms with Gasteiger partial charge in [-0.3, -0.25) is 14.7 Å². The highest BCUT2D eigenvalue weighted by atomic mass is 16.7. The zero-order chi connectivity index (χ0) is 18.8. The third-order valence-electron chi connectivity index (χ3n) is 3.40. The first-order valence-corrected chi connectivity index (χ1v) is 8.39. The molecule has 8 nitrogen and oxygen atoms in total.